The van der Waals surface area contributed by atoms with Crippen LogP contribution in [0.1, 0.15) is 43.2 Å². The molecule has 2 atom stereocenters. The quantitative estimate of drug-likeness (QED) is 0.868. The molecule has 1 aromatic carbocycles. The van der Waals surface area contributed by atoms with Crippen molar-refractivity contribution in [3.8, 4) is 0 Å². The van der Waals surface area contributed by atoms with Gasteiger partial charge in [-0.3, -0.25) is 4.90 Å². The highest BCUT2D eigenvalue weighted by Crippen LogP contribution is 2.38. The van der Waals surface area contributed by atoms with Gasteiger partial charge in [-0.25, -0.2) is 4.68 Å². The van der Waals surface area contributed by atoms with E-state index in [9.17, 15) is 0 Å². The van der Waals surface area contributed by atoms with E-state index in [2.05, 4.69) is 69.4 Å². The number of nitrogens with zero attached hydrogens (tertiary/aromatic N) is 5. The lowest BCUT2D eigenvalue weighted by atomic mass is 10.0. The lowest BCUT2D eigenvalue weighted by molar-refractivity contribution is 0.183. The summed E-state index contributed by atoms with van der Waals surface area (Å²) in [6.07, 6.45) is 2.43. The van der Waals surface area contributed by atoms with Crippen LogP contribution in [0.4, 0.5) is 0 Å². The van der Waals surface area contributed by atoms with E-state index in [0.29, 0.717) is 17.3 Å². The minimum absolute atomic E-state index is 0.435. The van der Waals surface area contributed by atoms with Crippen LogP contribution in [0.3, 0.4) is 0 Å². The van der Waals surface area contributed by atoms with Crippen LogP contribution in [0.5, 0.6) is 0 Å². The van der Waals surface area contributed by atoms with Gasteiger partial charge in [0.2, 0.25) is 0 Å². The van der Waals surface area contributed by atoms with Crippen molar-refractivity contribution in [3.05, 3.63) is 41.7 Å². The molecular formula is C16H21N5S. The Morgan fingerprint density at radius 1 is 1.23 bits per heavy atom. The van der Waals surface area contributed by atoms with E-state index < -0.39 is 0 Å². The van der Waals surface area contributed by atoms with Gasteiger partial charge in [-0.2, -0.15) is 11.8 Å². The molecule has 4 rings (SSSR count). The molecule has 0 bridgehead atoms. The summed E-state index contributed by atoms with van der Waals surface area (Å²) in [5.74, 6) is 2.19. The van der Waals surface area contributed by atoms with E-state index in [1.54, 1.807) is 0 Å². The Morgan fingerprint density at radius 3 is 2.82 bits per heavy atom. The van der Waals surface area contributed by atoms with Gasteiger partial charge in [0, 0.05) is 23.6 Å². The Morgan fingerprint density at radius 2 is 2.05 bits per heavy atom. The molecule has 1 aliphatic heterocycles. The van der Waals surface area contributed by atoms with Crippen LogP contribution in [-0.4, -0.2) is 42.7 Å². The largest absolute Gasteiger partial charge is 0.287 e. The molecule has 5 nitrogen and oxygen atoms in total. The molecule has 2 aliphatic rings. The van der Waals surface area contributed by atoms with Gasteiger partial charge in [0.25, 0.3) is 0 Å². The Hall–Kier alpha value is -1.40. The first-order valence-electron chi connectivity index (χ1n) is 8.00. The van der Waals surface area contributed by atoms with Gasteiger partial charge < -0.3 is 0 Å². The van der Waals surface area contributed by atoms with Gasteiger partial charge in [-0.05, 0) is 28.8 Å². The first-order chi connectivity index (χ1) is 10.8. The van der Waals surface area contributed by atoms with Crippen molar-refractivity contribution in [2.45, 2.75) is 43.6 Å². The van der Waals surface area contributed by atoms with E-state index in [-0.39, 0.29) is 0 Å². The van der Waals surface area contributed by atoms with Crippen molar-refractivity contribution in [1.29, 1.82) is 0 Å². The van der Waals surface area contributed by atoms with E-state index in [4.69, 9.17) is 0 Å². The second kappa shape index (κ2) is 6.01. The zero-order chi connectivity index (χ0) is 14.9. The molecular weight excluding hydrogens is 294 g/mol. The van der Waals surface area contributed by atoms with Gasteiger partial charge in [-0.1, -0.05) is 37.3 Å². The lowest BCUT2D eigenvalue weighted by Crippen LogP contribution is -2.40. The van der Waals surface area contributed by atoms with Gasteiger partial charge >= 0.3 is 0 Å². The van der Waals surface area contributed by atoms with Crippen molar-refractivity contribution in [2.75, 3.05) is 12.3 Å². The van der Waals surface area contributed by atoms with Crippen LogP contribution in [0.25, 0.3) is 0 Å². The third kappa shape index (κ3) is 2.77. The summed E-state index contributed by atoms with van der Waals surface area (Å²) in [6, 6.07) is 11.8. The summed E-state index contributed by atoms with van der Waals surface area (Å²) < 4.78 is 2.04. The van der Waals surface area contributed by atoms with Crippen molar-refractivity contribution in [3.63, 3.8) is 0 Å². The zero-order valence-electron chi connectivity index (χ0n) is 12.8. The van der Waals surface area contributed by atoms with Gasteiger partial charge in [0.1, 0.15) is 0 Å². The Balaban J connectivity index is 1.59. The Labute approximate surface area is 135 Å². The molecule has 116 valence electrons. The fourth-order valence-electron chi connectivity index (χ4n) is 3.29. The smallest absolute Gasteiger partial charge is 0.165 e. The standard InChI is InChI=1S/C16H21N5S/c1-12-16(13-5-3-2-4-6-13)20(9-10-22-12)11-15-17-18-19-21(15)14-7-8-14/h2-6,12,14,16H,7-11H2,1H3. The van der Waals surface area contributed by atoms with Crippen LogP contribution in [0, 0.1) is 0 Å². The van der Waals surface area contributed by atoms with E-state index in [0.717, 1.165) is 18.9 Å². The van der Waals surface area contributed by atoms with Crippen molar-refractivity contribution < 1.29 is 0 Å². The number of aromatic nitrogens is 4. The molecule has 0 spiro atoms. The highest BCUT2D eigenvalue weighted by molar-refractivity contribution is 8.00. The first-order valence-corrected chi connectivity index (χ1v) is 9.05. The lowest BCUT2D eigenvalue weighted by Gasteiger charge is -2.39. The fourth-order valence-corrected chi connectivity index (χ4v) is 4.52. The molecule has 2 unspecified atom stereocenters. The van der Waals surface area contributed by atoms with Crippen LogP contribution in [-0.2, 0) is 6.54 Å². The SMILES string of the molecule is CC1SCCN(Cc2nnnn2C2CC2)C1c1ccccc1. The van der Waals surface area contributed by atoms with E-state index in [1.807, 2.05) is 4.68 Å². The van der Waals surface area contributed by atoms with Crippen LogP contribution >= 0.6 is 11.8 Å². The predicted molar refractivity (Wildman–Crippen MR) is 87.6 cm³/mol. The molecule has 1 saturated heterocycles. The van der Waals surface area contributed by atoms with Crippen LogP contribution < -0.4 is 0 Å². The maximum absolute atomic E-state index is 4.28. The van der Waals surface area contributed by atoms with Gasteiger partial charge in [0.15, 0.2) is 5.82 Å². The summed E-state index contributed by atoms with van der Waals surface area (Å²) in [5.41, 5.74) is 1.40. The highest BCUT2D eigenvalue weighted by Gasteiger charge is 2.33. The summed E-state index contributed by atoms with van der Waals surface area (Å²) >= 11 is 2.06. The first kappa shape index (κ1) is 14.2. The number of hydrogen-bond donors (Lipinski definition) is 0. The van der Waals surface area contributed by atoms with Crippen LogP contribution in [0.15, 0.2) is 30.3 Å². The highest BCUT2D eigenvalue weighted by atomic mass is 32.2. The number of benzene rings is 1. The average molecular weight is 315 g/mol. The molecule has 0 amide bonds. The minimum Gasteiger partial charge on any atom is -0.287 e. The van der Waals surface area contributed by atoms with Crippen molar-refractivity contribution in [2.24, 2.45) is 0 Å². The molecule has 1 saturated carbocycles. The average Bonchev–Trinajstić information content (AvgIpc) is 3.28. The fraction of sp³-hybridized carbons (Fsp3) is 0.562. The van der Waals surface area contributed by atoms with Crippen molar-refractivity contribution >= 4 is 11.8 Å². The number of tetrazole rings is 1. The summed E-state index contributed by atoms with van der Waals surface area (Å²) in [4.78, 5) is 2.54. The summed E-state index contributed by atoms with van der Waals surface area (Å²) in [7, 11) is 0. The van der Waals surface area contributed by atoms with Gasteiger partial charge in [0.05, 0.1) is 12.6 Å². The molecule has 0 N–H and O–H groups in total. The molecule has 0 radical (unpaired) electrons. The molecule has 2 fully saturated rings. The molecule has 1 aromatic heterocycles. The molecule has 6 heteroatoms. The minimum atomic E-state index is 0.435. The number of hydrogen-bond acceptors (Lipinski definition) is 5. The second-order valence-electron chi connectivity index (χ2n) is 6.17. The molecule has 2 heterocycles. The number of thioether (sulfide) groups is 1. The monoisotopic (exact) mass is 315 g/mol. The van der Waals surface area contributed by atoms with Crippen LogP contribution in [0.2, 0.25) is 0 Å². The third-order valence-corrected chi connectivity index (χ3v) is 5.74. The Kier molecular flexibility index (Phi) is 3.88. The van der Waals surface area contributed by atoms with E-state index in [1.165, 1.54) is 24.2 Å². The summed E-state index contributed by atoms with van der Waals surface area (Å²) in [5, 5.41) is 12.9. The normalized spacial score (nSPS) is 26.2. The summed E-state index contributed by atoms with van der Waals surface area (Å²) in [6.45, 7) is 4.26. The maximum atomic E-state index is 4.28. The van der Waals surface area contributed by atoms with Gasteiger partial charge in [-0.15, -0.1) is 5.10 Å². The second-order valence-corrected chi connectivity index (χ2v) is 7.66. The molecule has 22 heavy (non-hydrogen) atoms. The maximum Gasteiger partial charge on any atom is 0.165 e. The topological polar surface area (TPSA) is 46.8 Å². The Bertz CT molecular complexity index is 624. The molecule has 1 aliphatic carbocycles. The predicted octanol–water partition coefficient (Wildman–Crippen LogP) is 2.69. The molecule has 2 aromatic rings. The van der Waals surface area contributed by atoms with Crippen molar-refractivity contribution in [1.82, 2.24) is 25.1 Å². The number of rotatable bonds is 4. The van der Waals surface area contributed by atoms with E-state index >= 15 is 0 Å². The zero-order valence-corrected chi connectivity index (χ0v) is 13.6. The third-order valence-electron chi connectivity index (χ3n) is 4.54.